The van der Waals surface area contributed by atoms with Gasteiger partial charge in [-0.05, 0) is 17.2 Å². The highest BCUT2D eigenvalue weighted by atomic mass is 16.5. The number of ether oxygens (including phenoxy) is 3. The monoisotopic (exact) mass is 383 g/mol. The Bertz CT molecular complexity index is 824. The van der Waals surface area contributed by atoms with Gasteiger partial charge >= 0.3 is 0 Å². The van der Waals surface area contributed by atoms with Crippen LogP contribution in [0.5, 0.6) is 0 Å². The highest BCUT2D eigenvalue weighted by Crippen LogP contribution is 2.20. The molecule has 1 aromatic heterocycles. The number of rotatable bonds is 9. The molecule has 0 fully saturated rings. The molecule has 1 aliphatic rings. The Balaban J connectivity index is 1.60. The number of nitrogens with zero attached hydrogens (tertiary/aromatic N) is 2. The third-order valence-corrected chi connectivity index (χ3v) is 4.41. The third kappa shape index (κ3) is 5.15. The lowest BCUT2D eigenvalue weighted by Gasteiger charge is -2.18. The minimum Gasteiger partial charge on any atom is -0.475 e. The molecule has 0 spiro atoms. The zero-order chi connectivity index (χ0) is 19.8. The van der Waals surface area contributed by atoms with E-state index < -0.39 is 0 Å². The fourth-order valence-electron chi connectivity index (χ4n) is 3.04. The van der Waals surface area contributed by atoms with Crippen LogP contribution >= 0.6 is 0 Å². The fourth-order valence-corrected chi connectivity index (χ4v) is 3.04. The molecule has 3 rings (SSSR count). The molecule has 1 aromatic carbocycles. The van der Waals surface area contributed by atoms with Crippen molar-refractivity contribution in [3.8, 4) is 0 Å². The molecule has 0 aliphatic carbocycles. The topological polar surface area (TPSA) is 82.0 Å². The highest BCUT2D eigenvalue weighted by molar-refractivity contribution is 5.97. The Morgan fingerprint density at radius 2 is 2.00 bits per heavy atom. The van der Waals surface area contributed by atoms with E-state index in [2.05, 4.69) is 15.3 Å². The molecule has 2 heterocycles. The van der Waals surface area contributed by atoms with E-state index in [0.29, 0.717) is 38.0 Å². The second kappa shape index (κ2) is 9.96. The van der Waals surface area contributed by atoms with Crippen molar-refractivity contribution < 1.29 is 19.0 Å². The molecule has 1 atom stereocenters. The Kier molecular flexibility index (Phi) is 7.11. The summed E-state index contributed by atoms with van der Waals surface area (Å²) < 4.78 is 15.8. The van der Waals surface area contributed by atoms with Crippen LogP contribution in [0.15, 0.2) is 47.6 Å². The smallest absolute Gasteiger partial charge is 0.226 e. The van der Waals surface area contributed by atoms with Gasteiger partial charge in [0.1, 0.15) is 6.61 Å². The van der Waals surface area contributed by atoms with Gasteiger partial charge in [0.05, 0.1) is 43.5 Å². The Hall–Kier alpha value is -2.77. The number of hydrogen-bond acceptors (Lipinski definition) is 6. The predicted molar refractivity (Wildman–Crippen MR) is 105 cm³/mol. The molecule has 28 heavy (non-hydrogen) atoms. The van der Waals surface area contributed by atoms with E-state index >= 15 is 0 Å². The van der Waals surface area contributed by atoms with Gasteiger partial charge < -0.3 is 19.5 Å². The van der Waals surface area contributed by atoms with Crippen molar-refractivity contribution >= 4 is 11.8 Å². The summed E-state index contributed by atoms with van der Waals surface area (Å²) in [6, 6.07) is 11.5. The van der Waals surface area contributed by atoms with Crippen LogP contribution in [0, 0.1) is 0 Å². The Morgan fingerprint density at radius 1 is 1.18 bits per heavy atom. The summed E-state index contributed by atoms with van der Waals surface area (Å²) in [6.07, 6.45) is 1.92. The Morgan fingerprint density at radius 3 is 2.75 bits per heavy atom. The number of nitrogens with one attached hydrogen (secondary N) is 1. The first-order chi connectivity index (χ1) is 13.7. The summed E-state index contributed by atoms with van der Waals surface area (Å²) in [4.78, 5) is 21.3. The molecule has 7 nitrogen and oxygen atoms in total. The molecule has 0 unspecified atom stereocenters. The van der Waals surface area contributed by atoms with E-state index in [1.165, 1.54) is 0 Å². The highest BCUT2D eigenvalue weighted by Gasteiger charge is 2.20. The number of pyridine rings is 1. The number of methoxy groups -OCH3 is 2. The SMILES string of the molecule is COCCOC1=NCc2cc(CC(=O)N[C@@H](COC)c3ccccc3)ncc21. The van der Waals surface area contributed by atoms with Crippen molar-refractivity contribution in [3.05, 3.63) is 65.0 Å². The second-order valence-electron chi connectivity index (χ2n) is 6.46. The molecular weight excluding hydrogens is 358 g/mol. The second-order valence-corrected chi connectivity index (χ2v) is 6.46. The first kappa shape index (κ1) is 20.0. The van der Waals surface area contributed by atoms with Gasteiger partial charge in [-0.3, -0.25) is 9.78 Å². The molecule has 148 valence electrons. The normalized spacial score (nSPS) is 13.6. The molecular formula is C21H25N3O4. The third-order valence-electron chi connectivity index (χ3n) is 4.41. The summed E-state index contributed by atoms with van der Waals surface area (Å²) in [5.41, 5.74) is 3.60. The molecule has 1 aliphatic heterocycles. The van der Waals surface area contributed by atoms with Crippen molar-refractivity contribution in [1.82, 2.24) is 10.3 Å². The summed E-state index contributed by atoms with van der Waals surface area (Å²) in [5.74, 6) is 0.480. The van der Waals surface area contributed by atoms with Crippen molar-refractivity contribution in [2.24, 2.45) is 4.99 Å². The van der Waals surface area contributed by atoms with Gasteiger partial charge in [0, 0.05) is 20.4 Å². The zero-order valence-electron chi connectivity index (χ0n) is 16.2. The number of amides is 1. The standard InChI is InChI=1S/C21H25N3O4/c1-26-8-9-28-21-18-13-22-17(10-16(18)12-23-21)11-20(25)24-19(14-27-2)15-6-4-3-5-7-15/h3-7,10,13,19H,8-9,11-12,14H2,1-2H3,(H,24,25)/t19-/m0/s1. The first-order valence-corrected chi connectivity index (χ1v) is 9.19. The maximum absolute atomic E-state index is 12.5. The number of aromatic nitrogens is 1. The Labute approximate surface area is 164 Å². The molecule has 0 saturated carbocycles. The van der Waals surface area contributed by atoms with Crippen LogP contribution in [0.1, 0.15) is 28.4 Å². The summed E-state index contributed by atoms with van der Waals surface area (Å²) in [6.45, 7) is 1.89. The predicted octanol–water partition coefficient (Wildman–Crippen LogP) is 2.05. The van der Waals surface area contributed by atoms with Gasteiger partial charge in [0.15, 0.2) is 0 Å². The molecule has 2 aromatic rings. The number of carbonyl (C=O) groups excluding carboxylic acids is 1. The van der Waals surface area contributed by atoms with Crippen LogP contribution in [-0.4, -0.2) is 50.8 Å². The average Bonchev–Trinajstić information content (AvgIpc) is 3.11. The molecule has 0 saturated heterocycles. The van der Waals surface area contributed by atoms with Crippen molar-refractivity contribution in [1.29, 1.82) is 0 Å². The van der Waals surface area contributed by atoms with Gasteiger partial charge in [-0.1, -0.05) is 30.3 Å². The lowest BCUT2D eigenvalue weighted by Crippen LogP contribution is -2.32. The maximum Gasteiger partial charge on any atom is 0.226 e. The van der Waals surface area contributed by atoms with Crippen LogP contribution in [-0.2, 0) is 32.0 Å². The van der Waals surface area contributed by atoms with Crippen molar-refractivity contribution in [2.75, 3.05) is 34.0 Å². The zero-order valence-corrected chi connectivity index (χ0v) is 16.2. The van der Waals surface area contributed by atoms with E-state index in [1.807, 2.05) is 36.4 Å². The van der Waals surface area contributed by atoms with Gasteiger partial charge in [0.2, 0.25) is 11.8 Å². The van der Waals surface area contributed by atoms with Crippen LogP contribution in [0.4, 0.5) is 0 Å². The molecule has 1 amide bonds. The lowest BCUT2D eigenvalue weighted by atomic mass is 10.1. The molecule has 0 radical (unpaired) electrons. The molecule has 1 N–H and O–H groups in total. The van der Waals surface area contributed by atoms with Crippen LogP contribution in [0.25, 0.3) is 0 Å². The van der Waals surface area contributed by atoms with E-state index in [4.69, 9.17) is 14.2 Å². The van der Waals surface area contributed by atoms with Crippen LogP contribution < -0.4 is 5.32 Å². The molecule has 7 heteroatoms. The van der Waals surface area contributed by atoms with E-state index in [1.54, 1.807) is 20.4 Å². The van der Waals surface area contributed by atoms with E-state index in [0.717, 1.165) is 16.7 Å². The minimum absolute atomic E-state index is 0.103. The molecule has 0 bridgehead atoms. The summed E-state index contributed by atoms with van der Waals surface area (Å²) in [5, 5.41) is 3.02. The number of hydrogen-bond donors (Lipinski definition) is 1. The average molecular weight is 383 g/mol. The van der Waals surface area contributed by atoms with Crippen molar-refractivity contribution in [3.63, 3.8) is 0 Å². The van der Waals surface area contributed by atoms with Crippen molar-refractivity contribution in [2.45, 2.75) is 19.0 Å². The first-order valence-electron chi connectivity index (χ1n) is 9.19. The van der Waals surface area contributed by atoms with E-state index in [-0.39, 0.29) is 18.4 Å². The van der Waals surface area contributed by atoms with Gasteiger partial charge in [-0.2, -0.15) is 0 Å². The summed E-state index contributed by atoms with van der Waals surface area (Å²) >= 11 is 0. The number of carbonyl (C=O) groups is 1. The number of benzene rings is 1. The van der Waals surface area contributed by atoms with Gasteiger partial charge in [0.25, 0.3) is 0 Å². The van der Waals surface area contributed by atoms with Crippen LogP contribution in [0.2, 0.25) is 0 Å². The largest absolute Gasteiger partial charge is 0.475 e. The number of aliphatic imine (C=N–C) groups is 1. The fraction of sp³-hybridized carbons (Fsp3) is 0.381. The van der Waals surface area contributed by atoms with Gasteiger partial charge in [-0.25, -0.2) is 4.99 Å². The van der Waals surface area contributed by atoms with Crippen LogP contribution in [0.3, 0.4) is 0 Å². The van der Waals surface area contributed by atoms with Gasteiger partial charge in [-0.15, -0.1) is 0 Å². The quantitative estimate of drug-likeness (QED) is 0.670. The number of fused-ring (bicyclic) bond motifs is 1. The lowest BCUT2D eigenvalue weighted by molar-refractivity contribution is -0.121. The minimum atomic E-state index is -0.197. The summed E-state index contributed by atoms with van der Waals surface area (Å²) in [7, 11) is 3.25. The van der Waals surface area contributed by atoms with E-state index in [9.17, 15) is 4.79 Å². The maximum atomic E-state index is 12.5.